The maximum Gasteiger partial charge on any atom is 0.490 e. The molecule has 23 heavy (non-hydrogen) atoms. The Labute approximate surface area is 134 Å². The molecule has 1 amide bonds. The van der Waals surface area contributed by atoms with Crippen molar-refractivity contribution in [3.05, 3.63) is 45.2 Å². The summed E-state index contributed by atoms with van der Waals surface area (Å²) in [6.07, 6.45) is 1.18. The van der Waals surface area contributed by atoms with Crippen LogP contribution in [0.1, 0.15) is 17.3 Å². The summed E-state index contributed by atoms with van der Waals surface area (Å²) in [7, 11) is 0. The average Bonchev–Trinajstić information content (AvgIpc) is 2.96. The van der Waals surface area contributed by atoms with Gasteiger partial charge in [-0.15, -0.1) is 0 Å². The molecule has 1 heterocycles. The molecule has 0 spiro atoms. The van der Waals surface area contributed by atoms with Crippen LogP contribution in [0.2, 0.25) is 5.02 Å². The molecule has 0 saturated carbocycles. The van der Waals surface area contributed by atoms with E-state index in [2.05, 4.69) is 20.6 Å². The fourth-order valence-electron chi connectivity index (χ4n) is 1.61. The summed E-state index contributed by atoms with van der Waals surface area (Å²) in [4.78, 5) is 25.2. The standard InChI is InChI=1S/C12H11ClN6O4/c1-7(5-18-6-14-12(17-18)19(22)23)15-16-11(21)9-4-8(13)2-3-10(9)20/h2-4,6,20H,5H2,1H3,(H,16,21). The molecular weight excluding hydrogens is 328 g/mol. The number of phenols is 1. The highest BCUT2D eigenvalue weighted by atomic mass is 35.5. The number of carbonyl (C=O) groups excluding carboxylic acids is 1. The second kappa shape index (κ2) is 6.83. The lowest BCUT2D eigenvalue weighted by Gasteiger charge is -2.04. The zero-order valence-electron chi connectivity index (χ0n) is 11.8. The lowest BCUT2D eigenvalue weighted by Crippen LogP contribution is -2.20. The highest BCUT2D eigenvalue weighted by molar-refractivity contribution is 6.31. The normalized spacial score (nSPS) is 11.3. The Morgan fingerprint density at radius 2 is 2.30 bits per heavy atom. The first-order valence-corrected chi connectivity index (χ1v) is 6.60. The molecule has 11 heteroatoms. The van der Waals surface area contributed by atoms with E-state index in [1.54, 1.807) is 6.92 Å². The largest absolute Gasteiger partial charge is 0.507 e. The van der Waals surface area contributed by atoms with Crippen LogP contribution in [0.15, 0.2) is 29.6 Å². The van der Waals surface area contributed by atoms with Gasteiger partial charge in [0.2, 0.25) is 6.33 Å². The van der Waals surface area contributed by atoms with Gasteiger partial charge in [0.1, 0.15) is 5.75 Å². The van der Waals surface area contributed by atoms with Gasteiger partial charge in [-0.3, -0.25) is 4.79 Å². The number of phenolic OH excluding ortho intramolecular Hbond substituents is 1. The molecule has 2 aromatic rings. The minimum atomic E-state index is -0.716. The van der Waals surface area contributed by atoms with E-state index < -0.39 is 16.8 Å². The summed E-state index contributed by atoms with van der Waals surface area (Å²) >= 11 is 5.76. The fourth-order valence-corrected chi connectivity index (χ4v) is 1.78. The molecule has 0 aliphatic rings. The van der Waals surface area contributed by atoms with E-state index in [-0.39, 0.29) is 17.9 Å². The molecule has 2 rings (SSSR count). The summed E-state index contributed by atoms with van der Waals surface area (Å²) in [5.74, 6) is -1.40. The number of amides is 1. The van der Waals surface area contributed by atoms with Gasteiger partial charge in [0.05, 0.1) is 17.8 Å². The molecule has 0 aliphatic carbocycles. The number of nitrogens with zero attached hydrogens (tertiary/aromatic N) is 5. The number of hydrazone groups is 1. The monoisotopic (exact) mass is 338 g/mol. The van der Waals surface area contributed by atoms with E-state index in [9.17, 15) is 20.0 Å². The third kappa shape index (κ3) is 4.23. The molecule has 1 aromatic carbocycles. The lowest BCUT2D eigenvalue weighted by atomic mass is 10.2. The maximum absolute atomic E-state index is 11.9. The van der Waals surface area contributed by atoms with Crippen molar-refractivity contribution in [1.82, 2.24) is 20.2 Å². The van der Waals surface area contributed by atoms with Crippen LogP contribution in [0.5, 0.6) is 5.75 Å². The molecule has 10 nitrogen and oxygen atoms in total. The molecule has 0 fully saturated rings. The molecular formula is C12H11ClN6O4. The van der Waals surface area contributed by atoms with Gasteiger partial charge < -0.3 is 15.2 Å². The van der Waals surface area contributed by atoms with Crippen LogP contribution in [0.4, 0.5) is 5.95 Å². The van der Waals surface area contributed by atoms with Gasteiger partial charge in [-0.25, -0.2) is 5.43 Å². The van der Waals surface area contributed by atoms with Gasteiger partial charge in [0.25, 0.3) is 5.91 Å². The SMILES string of the molecule is CC(Cn1cnc([N+](=O)[O-])n1)=NNC(=O)c1cc(Cl)ccc1O. The molecule has 0 atom stereocenters. The first-order chi connectivity index (χ1) is 10.9. The lowest BCUT2D eigenvalue weighted by molar-refractivity contribution is -0.394. The number of hydrogen-bond donors (Lipinski definition) is 2. The van der Waals surface area contributed by atoms with Gasteiger partial charge in [0, 0.05) is 10.1 Å². The first kappa shape index (κ1) is 16.4. The van der Waals surface area contributed by atoms with Crippen LogP contribution in [0, 0.1) is 10.1 Å². The second-order valence-electron chi connectivity index (χ2n) is 4.45. The van der Waals surface area contributed by atoms with Crippen molar-refractivity contribution < 1.29 is 14.8 Å². The smallest absolute Gasteiger partial charge is 0.490 e. The number of hydrogen-bond acceptors (Lipinski definition) is 7. The Bertz CT molecular complexity index is 788. The van der Waals surface area contributed by atoms with E-state index in [0.29, 0.717) is 10.7 Å². The van der Waals surface area contributed by atoms with E-state index in [4.69, 9.17) is 11.6 Å². The van der Waals surface area contributed by atoms with Crippen LogP contribution >= 0.6 is 11.6 Å². The van der Waals surface area contributed by atoms with Crippen LogP contribution in [0.3, 0.4) is 0 Å². The molecule has 2 N–H and O–H groups in total. The predicted molar refractivity (Wildman–Crippen MR) is 80.4 cm³/mol. The molecule has 0 aliphatic heterocycles. The third-order valence-electron chi connectivity index (χ3n) is 2.63. The number of benzene rings is 1. The highest BCUT2D eigenvalue weighted by Gasteiger charge is 2.14. The number of carbonyl (C=O) groups is 1. The molecule has 0 saturated heterocycles. The quantitative estimate of drug-likeness (QED) is 0.480. The highest BCUT2D eigenvalue weighted by Crippen LogP contribution is 2.21. The number of aromatic hydroxyl groups is 1. The minimum Gasteiger partial charge on any atom is -0.507 e. The van der Waals surface area contributed by atoms with Gasteiger partial charge in [-0.1, -0.05) is 16.6 Å². The van der Waals surface area contributed by atoms with E-state index in [0.717, 1.165) is 0 Å². The number of rotatable bonds is 5. The predicted octanol–water partition coefficient (Wildman–Crippen LogP) is 1.35. The summed E-state index contributed by atoms with van der Waals surface area (Å²) < 4.78 is 1.21. The minimum absolute atomic E-state index is 0.0227. The van der Waals surface area contributed by atoms with Gasteiger partial charge in [-0.05, 0) is 30.0 Å². The van der Waals surface area contributed by atoms with Crippen molar-refractivity contribution in [3.63, 3.8) is 0 Å². The van der Waals surface area contributed by atoms with Crippen molar-refractivity contribution in [3.8, 4) is 5.75 Å². The first-order valence-electron chi connectivity index (χ1n) is 6.22. The van der Waals surface area contributed by atoms with Crippen LogP contribution in [-0.2, 0) is 6.54 Å². The van der Waals surface area contributed by atoms with Gasteiger partial charge >= 0.3 is 5.95 Å². The number of nitro groups is 1. The van der Waals surface area contributed by atoms with E-state index in [1.165, 1.54) is 29.2 Å². The average molecular weight is 339 g/mol. The Balaban J connectivity index is 2.02. The molecule has 0 radical (unpaired) electrons. The topological polar surface area (TPSA) is 136 Å². The molecule has 0 unspecified atom stereocenters. The molecule has 0 bridgehead atoms. The summed E-state index contributed by atoms with van der Waals surface area (Å²) in [5, 5.41) is 27.8. The van der Waals surface area contributed by atoms with Crippen LogP contribution in [-0.4, -0.2) is 36.4 Å². The number of aromatic nitrogens is 3. The fraction of sp³-hybridized carbons (Fsp3) is 0.167. The zero-order valence-corrected chi connectivity index (χ0v) is 12.6. The number of nitrogens with one attached hydrogen (secondary N) is 1. The van der Waals surface area contributed by atoms with Gasteiger partial charge in [-0.2, -0.15) is 9.78 Å². The van der Waals surface area contributed by atoms with Crippen LogP contribution in [0.25, 0.3) is 0 Å². The van der Waals surface area contributed by atoms with Crippen molar-refractivity contribution in [2.45, 2.75) is 13.5 Å². The Hall–Kier alpha value is -3.01. The third-order valence-corrected chi connectivity index (χ3v) is 2.87. The second-order valence-corrected chi connectivity index (χ2v) is 4.89. The maximum atomic E-state index is 11.9. The van der Waals surface area contributed by atoms with Crippen molar-refractivity contribution in [1.29, 1.82) is 0 Å². The molecule has 120 valence electrons. The molecule has 1 aromatic heterocycles. The zero-order chi connectivity index (χ0) is 17.0. The Kier molecular flexibility index (Phi) is 4.86. The van der Waals surface area contributed by atoms with E-state index >= 15 is 0 Å². The van der Waals surface area contributed by atoms with Gasteiger partial charge in [0.15, 0.2) is 0 Å². The van der Waals surface area contributed by atoms with Crippen molar-refractivity contribution in [2.24, 2.45) is 5.10 Å². The summed E-state index contributed by atoms with van der Waals surface area (Å²) in [6.45, 7) is 1.69. The number of halogens is 1. The van der Waals surface area contributed by atoms with Crippen molar-refractivity contribution in [2.75, 3.05) is 0 Å². The summed E-state index contributed by atoms with van der Waals surface area (Å²) in [5.41, 5.74) is 2.65. The van der Waals surface area contributed by atoms with Crippen LogP contribution < -0.4 is 5.43 Å². The Morgan fingerprint density at radius 1 is 1.57 bits per heavy atom. The Morgan fingerprint density at radius 3 is 2.96 bits per heavy atom. The summed E-state index contributed by atoms with van der Waals surface area (Å²) in [6, 6.07) is 4.04. The van der Waals surface area contributed by atoms with E-state index in [1.807, 2.05) is 0 Å². The van der Waals surface area contributed by atoms with Crippen molar-refractivity contribution >= 4 is 29.2 Å².